The van der Waals surface area contributed by atoms with Gasteiger partial charge in [-0.25, -0.2) is 0 Å². The Morgan fingerprint density at radius 1 is 1.05 bits per heavy atom. The second-order valence-electron chi connectivity index (χ2n) is 5.25. The van der Waals surface area contributed by atoms with Crippen LogP contribution in [0.1, 0.15) is 59.8 Å². The third-order valence-electron chi connectivity index (χ3n) is 3.80. The molecule has 2 rings (SSSR count). The molecule has 0 bridgehead atoms. The Labute approximate surface area is 117 Å². The van der Waals surface area contributed by atoms with Crippen molar-refractivity contribution in [1.82, 2.24) is 0 Å². The third-order valence-corrected chi connectivity index (χ3v) is 3.80. The van der Waals surface area contributed by atoms with Crippen LogP contribution in [0.15, 0.2) is 30.3 Å². The lowest BCUT2D eigenvalue weighted by atomic mass is 9.81. The summed E-state index contributed by atoms with van der Waals surface area (Å²) in [6.07, 6.45) is 5.99. The van der Waals surface area contributed by atoms with E-state index in [2.05, 4.69) is 6.92 Å². The molecule has 106 valence electrons. The summed E-state index contributed by atoms with van der Waals surface area (Å²) in [7, 11) is 0. The Kier molecular flexibility index (Phi) is 6.07. The molecule has 0 radical (unpaired) electrons. The van der Waals surface area contributed by atoms with Crippen LogP contribution in [-0.4, -0.2) is 11.4 Å². The van der Waals surface area contributed by atoms with Crippen LogP contribution in [0.3, 0.4) is 0 Å². The van der Waals surface area contributed by atoms with Crippen LogP contribution in [0.5, 0.6) is 0 Å². The largest absolute Gasteiger partial charge is 0.307 e. The van der Waals surface area contributed by atoms with Gasteiger partial charge in [-0.05, 0) is 31.9 Å². The maximum Gasteiger partial charge on any atom is 0.224 e. The molecule has 0 heterocycles. The van der Waals surface area contributed by atoms with E-state index in [4.69, 9.17) is 0 Å². The van der Waals surface area contributed by atoms with E-state index in [0.717, 1.165) is 18.5 Å². The van der Waals surface area contributed by atoms with Gasteiger partial charge in [0.15, 0.2) is 0 Å². The summed E-state index contributed by atoms with van der Waals surface area (Å²) in [6.45, 7) is 7.90. The summed E-state index contributed by atoms with van der Waals surface area (Å²) < 4.78 is 0. The van der Waals surface area contributed by atoms with Crippen molar-refractivity contribution in [2.75, 3.05) is 4.90 Å². The number of hydrogen-bond acceptors (Lipinski definition) is 1. The molecule has 0 unspecified atom stereocenters. The molecule has 1 fully saturated rings. The van der Waals surface area contributed by atoms with Gasteiger partial charge in [0.1, 0.15) is 0 Å². The molecule has 0 spiro atoms. The maximum absolute atomic E-state index is 12.0. The average molecular weight is 261 g/mol. The smallest absolute Gasteiger partial charge is 0.224 e. The lowest BCUT2D eigenvalue weighted by Crippen LogP contribution is -2.50. The molecule has 2 nitrogen and oxygen atoms in total. The summed E-state index contributed by atoms with van der Waals surface area (Å²) in [5.41, 5.74) is 1.04. The first-order valence-corrected chi connectivity index (χ1v) is 7.49. The van der Waals surface area contributed by atoms with Gasteiger partial charge >= 0.3 is 0 Å². The number of para-hydroxylation sites is 1. The molecule has 1 aliphatic carbocycles. The van der Waals surface area contributed by atoms with E-state index in [1.807, 2.05) is 49.1 Å². The number of nitrogens with zero attached hydrogens (tertiary/aromatic N) is 1. The van der Waals surface area contributed by atoms with Crippen molar-refractivity contribution >= 4 is 11.6 Å². The highest BCUT2D eigenvalue weighted by atomic mass is 16.2. The van der Waals surface area contributed by atoms with E-state index in [-0.39, 0.29) is 11.4 Å². The zero-order valence-electron chi connectivity index (χ0n) is 12.8. The second-order valence-corrected chi connectivity index (χ2v) is 5.25. The molecule has 1 saturated carbocycles. The quantitative estimate of drug-likeness (QED) is 0.749. The van der Waals surface area contributed by atoms with Crippen molar-refractivity contribution in [2.45, 2.75) is 65.3 Å². The van der Waals surface area contributed by atoms with Crippen LogP contribution in [0.25, 0.3) is 0 Å². The molecule has 0 aliphatic heterocycles. The predicted octanol–water partition coefficient (Wildman–Crippen LogP) is 4.79. The highest BCUT2D eigenvalue weighted by Crippen LogP contribution is 2.36. The van der Waals surface area contributed by atoms with Crippen molar-refractivity contribution in [1.29, 1.82) is 0 Å². The number of anilines is 1. The molecule has 2 heteroatoms. The highest BCUT2D eigenvalue weighted by Gasteiger charge is 2.35. The third kappa shape index (κ3) is 3.82. The van der Waals surface area contributed by atoms with Gasteiger partial charge in [-0.3, -0.25) is 4.79 Å². The van der Waals surface area contributed by atoms with Crippen LogP contribution < -0.4 is 4.90 Å². The average Bonchev–Trinajstić information content (AvgIpc) is 2.42. The fraction of sp³-hybridized carbons (Fsp3) is 0.588. The summed E-state index contributed by atoms with van der Waals surface area (Å²) in [5, 5.41) is 0. The molecule has 1 amide bonds. The van der Waals surface area contributed by atoms with Crippen LogP contribution in [-0.2, 0) is 4.79 Å². The van der Waals surface area contributed by atoms with Crippen LogP contribution in [0.2, 0.25) is 0 Å². The van der Waals surface area contributed by atoms with Gasteiger partial charge in [0.05, 0.1) is 0 Å². The van der Waals surface area contributed by atoms with Gasteiger partial charge in [-0.15, -0.1) is 0 Å². The highest BCUT2D eigenvalue weighted by molar-refractivity contribution is 5.92. The van der Waals surface area contributed by atoms with Crippen molar-refractivity contribution in [2.24, 2.45) is 0 Å². The zero-order valence-corrected chi connectivity index (χ0v) is 12.8. The normalized spacial score (nSPS) is 17.1. The molecule has 0 saturated heterocycles. The minimum atomic E-state index is 0.00539. The number of benzene rings is 1. The van der Waals surface area contributed by atoms with Gasteiger partial charge in [0.25, 0.3) is 0 Å². The van der Waals surface area contributed by atoms with Crippen LogP contribution >= 0.6 is 0 Å². The lowest BCUT2D eigenvalue weighted by Gasteiger charge is -2.43. The standard InChI is InChI=1S/C15H21NO.C2H6/c1-13(17)16(14-9-5-3-6-10-14)15(2)11-7-4-8-12-15;1-2/h3,5-6,9-10H,4,7-8,11-12H2,1-2H3;1-2H3. The van der Waals surface area contributed by atoms with E-state index < -0.39 is 0 Å². The van der Waals surface area contributed by atoms with E-state index in [1.165, 1.54) is 19.3 Å². The summed E-state index contributed by atoms with van der Waals surface area (Å²) in [6, 6.07) is 10.0. The van der Waals surface area contributed by atoms with E-state index in [0.29, 0.717) is 0 Å². The lowest BCUT2D eigenvalue weighted by molar-refractivity contribution is -0.117. The number of carbonyl (C=O) groups is 1. The molecule has 19 heavy (non-hydrogen) atoms. The number of amides is 1. The van der Waals surface area contributed by atoms with E-state index >= 15 is 0 Å². The minimum Gasteiger partial charge on any atom is -0.307 e. The predicted molar refractivity (Wildman–Crippen MR) is 82.4 cm³/mol. The van der Waals surface area contributed by atoms with Crippen molar-refractivity contribution in [3.05, 3.63) is 30.3 Å². The zero-order chi connectivity index (χ0) is 14.3. The number of carbonyl (C=O) groups excluding carboxylic acids is 1. The summed E-state index contributed by atoms with van der Waals surface area (Å²) in [5.74, 6) is 0.153. The molecule has 0 aromatic heterocycles. The fourth-order valence-electron chi connectivity index (χ4n) is 2.99. The van der Waals surface area contributed by atoms with Crippen LogP contribution in [0, 0.1) is 0 Å². The van der Waals surface area contributed by atoms with Gasteiger partial charge < -0.3 is 4.90 Å². The summed E-state index contributed by atoms with van der Waals surface area (Å²) in [4.78, 5) is 14.0. The Morgan fingerprint density at radius 2 is 1.58 bits per heavy atom. The fourth-order valence-corrected chi connectivity index (χ4v) is 2.99. The van der Waals surface area contributed by atoms with Crippen LogP contribution in [0.4, 0.5) is 5.69 Å². The molecular weight excluding hydrogens is 234 g/mol. The molecule has 1 aromatic rings. The van der Waals surface area contributed by atoms with Gasteiger partial charge in [0.2, 0.25) is 5.91 Å². The van der Waals surface area contributed by atoms with Crippen molar-refractivity contribution < 1.29 is 4.79 Å². The number of hydrogen-bond donors (Lipinski definition) is 0. The van der Waals surface area contributed by atoms with E-state index in [1.54, 1.807) is 6.92 Å². The van der Waals surface area contributed by atoms with Crippen molar-refractivity contribution in [3.63, 3.8) is 0 Å². The van der Waals surface area contributed by atoms with Crippen molar-refractivity contribution in [3.8, 4) is 0 Å². The topological polar surface area (TPSA) is 20.3 Å². The molecule has 0 N–H and O–H groups in total. The van der Waals surface area contributed by atoms with Gasteiger partial charge in [-0.1, -0.05) is 51.3 Å². The first kappa shape index (κ1) is 15.7. The molecule has 1 aromatic carbocycles. The maximum atomic E-state index is 12.0. The second kappa shape index (κ2) is 7.32. The Balaban J connectivity index is 0.000000861. The van der Waals surface area contributed by atoms with Gasteiger partial charge in [0, 0.05) is 18.2 Å². The molecular formula is C17H27NO. The summed E-state index contributed by atoms with van der Waals surface area (Å²) >= 11 is 0. The minimum absolute atomic E-state index is 0.00539. The molecule has 0 atom stereocenters. The SMILES string of the molecule is CC.CC(=O)N(c1ccccc1)C1(C)CCCCC1. The first-order chi connectivity index (χ1) is 9.13. The Bertz CT molecular complexity index is 380. The van der Waals surface area contributed by atoms with Gasteiger partial charge in [-0.2, -0.15) is 0 Å². The Hall–Kier alpha value is -1.31. The Morgan fingerprint density at radius 3 is 2.05 bits per heavy atom. The first-order valence-electron chi connectivity index (χ1n) is 7.49. The number of rotatable bonds is 2. The van der Waals surface area contributed by atoms with E-state index in [9.17, 15) is 4.79 Å². The monoisotopic (exact) mass is 261 g/mol. The molecule has 1 aliphatic rings.